The highest BCUT2D eigenvalue weighted by Crippen LogP contribution is 2.35. The molecule has 1 nitrogen and oxygen atoms in total. The number of fused-ring (bicyclic) bond motifs is 2. The van der Waals surface area contributed by atoms with Crippen molar-refractivity contribution < 1.29 is 4.57 Å². The van der Waals surface area contributed by atoms with Crippen LogP contribution >= 0.6 is 0 Å². The van der Waals surface area contributed by atoms with Gasteiger partial charge in [0.05, 0.1) is 10.8 Å². The maximum absolute atomic E-state index is 2.31. The molecule has 23 heavy (non-hydrogen) atoms. The van der Waals surface area contributed by atoms with E-state index in [1.807, 2.05) is 0 Å². The van der Waals surface area contributed by atoms with E-state index in [1.165, 1.54) is 44.1 Å². The summed E-state index contributed by atoms with van der Waals surface area (Å²) in [6.45, 7) is 4.36. The molecule has 0 radical (unpaired) electrons. The van der Waals surface area contributed by atoms with Gasteiger partial charge in [0.2, 0.25) is 11.0 Å². The van der Waals surface area contributed by atoms with Crippen molar-refractivity contribution in [3.05, 3.63) is 77.9 Å². The first-order valence-electron chi connectivity index (χ1n) is 8.04. The van der Waals surface area contributed by atoms with Crippen LogP contribution in [0.5, 0.6) is 0 Å². The third-order valence-electron chi connectivity index (χ3n) is 4.73. The molecule has 0 saturated heterocycles. The molecule has 3 aromatic carbocycles. The van der Waals surface area contributed by atoms with Gasteiger partial charge in [-0.2, -0.15) is 4.57 Å². The van der Waals surface area contributed by atoms with Crippen LogP contribution in [0.1, 0.15) is 11.1 Å². The van der Waals surface area contributed by atoms with E-state index >= 15 is 0 Å². The fourth-order valence-electron chi connectivity index (χ4n) is 3.53. The molecule has 0 aliphatic heterocycles. The van der Waals surface area contributed by atoms with Gasteiger partial charge in [-0.05, 0) is 37.1 Å². The van der Waals surface area contributed by atoms with E-state index in [-0.39, 0.29) is 0 Å². The van der Waals surface area contributed by atoms with Crippen molar-refractivity contribution >= 4 is 21.8 Å². The lowest BCUT2D eigenvalue weighted by Gasteiger charge is -2.13. The summed E-state index contributed by atoms with van der Waals surface area (Å²) in [7, 11) is 2.15. The number of benzene rings is 3. The molecule has 0 aliphatic rings. The molecule has 0 unspecified atom stereocenters. The minimum atomic E-state index is 1.27. The predicted molar refractivity (Wildman–Crippen MR) is 97.5 cm³/mol. The molecular formula is C22H20N+. The number of hydrogen-bond donors (Lipinski definition) is 0. The summed E-state index contributed by atoms with van der Waals surface area (Å²) in [6, 6.07) is 24.1. The first kappa shape index (κ1) is 14.0. The van der Waals surface area contributed by atoms with E-state index in [1.54, 1.807) is 0 Å². The summed E-state index contributed by atoms with van der Waals surface area (Å²) >= 11 is 0. The van der Waals surface area contributed by atoms with Crippen LogP contribution in [0.2, 0.25) is 0 Å². The van der Waals surface area contributed by atoms with Gasteiger partial charge in [-0.25, -0.2) is 0 Å². The lowest BCUT2D eigenvalue weighted by molar-refractivity contribution is -0.617. The van der Waals surface area contributed by atoms with Crippen molar-refractivity contribution in [2.24, 2.45) is 7.05 Å². The van der Waals surface area contributed by atoms with Gasteiger partial charge in [0, 0.05) is 17.7 Å². The Labute approximate surface area is 136 Å². The topological polar surface area (TPSA) is 3.88 Å². The predicted octanol–water partition coefficient (Wildman–Crippen LogP) is 5.10. The summed E-state index contributed by atoms with van der Waals surface area (Å²) in [5.74, 6) is 0. The lowest BCUT2D eigenvalue weighted by atomic mass is 9.92. The summed E-state index contributed by atoms with van der Waals surface area (Å²) < 4.78 is 2.29. The summed E-state index contributed by atoms with van der Waals surface area (Å²) in [5, 5.41) is 2.62. The molecule has 4 rings (SSSR count). The summed E-state index contributed by atoms with van der Waals surface area (Å²) in [5.41, 5.74) is 7.82. The third kappa shape index (κ3) is 2.12. The van der Waals surface area contributed by atoms with Crippen molar-refractivity contribution in [1.29, 1.82) is 0 Å². The van der Waals surface area contributed by atoms with Crippen molar-refractivity contribution in [3.63, 3.8) is 0 Å². The van der Waals surface area contributed by atoms with Crippen LogP contribution in [0.4, 0.5) is 0 Å². The second kappa shape index (κ2) is 5.20. The number of nitrogens with zero attached hydrogens (tertiary/aromatic N) is 1. The SMILES string of the molecule is Cc1ccc(C)c(-c2c3ccccc3[n+](C)c3ccccc23)c1. The second-order valence-corrected chi connectivity index (χ2v) is 6.29. The third-order valence-corrected chi connectivity index (χ3v) is 4.73. The van der Waals surface area contributed by atoms with E-state index in [4.69, 9.17) is 0 Å². The van der Waals surface area contributed by atoms with Gasteiger partial charge in [0.1, 0.15) is 7.05 Å². The smallest absolute Gasteiger partial charge is 0.194 e. The summed E-state index contributed by atoms with van der Waals surface area (Å²) in [6.07, 6.45) is 0. The zero-order chi connectivity index (χ0) is 16.0. The number of para-hydroxylation sites is 2. The Morgan fingerprint density at radius 3 is 1.87 bits per heavy atom. The number of aromatic nitrogens is 1. The van der Waals surface area contributed by atoms with E-state index in [2.05, 4.69) is 92.2 Å². The molecule has 1 heteroatoms. The maximum atomic E-state index is 2.31. The molecule has 0 spiro atoms. The van der Waals surface area contributed by atoms with Gasteiger partial charge in [0.15, 0.2) is 0 Å². The fourth-order valence-corrected chi connectivity index (χ4v) is 3.53. The van der Waals surface area contributed by atoms with E-state index < -0.39 is 0 Å². The fraction of sp³-hybridized carbons (Fsp3) is 0.136. The standard InChI is InChI=1S/C22H20N/c1-15-12-13-16(2)19(14-15)22-17-8-4-6-10-20(17)23(3)21-11-7-5-9-18(21)22/h4-14H,1-3H3/q+1. The van der Waals surface area contributed by atoms with Crippen LogP contribution < -0.4 is 4.57 Å². The Kier molecular flexibility index (Phi) is 3.16. The van der Waals surface area contributed by atoms with Crippen molar-refractivity contribution in [3.8, 4) is 11.1 Å². The molecule has 0 bridgehead atoms. The normalized spacial score (nSPS) is 11.3. The molecular weight excluding hydrogens is 278 g/mol. The lowest BCUT2D eigenvalue weighted by Crippen LogP contribution is -2.30. The van der Waals surface area contributed by atoms with Crippen molar-refractivity contribution in [2.45, 2.75) is 13.8 Å². The summed E-state index contributed by atoms with van der Waals surface area (Å²) in [4.78, 5) is 0. The maximum Gasteiger partial charge on any atom is 0.213 e. The average Bonchev–Trinajstić information content (AvgIpc) is 2.58. The van der Waals surface area contributed by atoms with E-state index in [9.17, 15) is 0 Å². The average molecular weight is 298 g/mol. The Morgan fingerprint density at radius 2 is 1.26 bits per heavy atom. The quantitative estimate of drug-likeness (QED) is 0.340. The van der Waals surface area contributed by atoms with Gasteiger partial charge >= 0.3 is 0 Å². The van der Waals surface area contributed by atoms with Crippen LogP contribution in [0.25, 0.3) is 32.9 Å². The van der Waals surface area contributed by atoms with Crippen LogP contribution in [0.15, 0.2) is 66.7 Å². The zero-order valence-corrected chi connectivity index (χ0v) is 13.8. The first-order chi connectivity index (χ1) is 11.2. The van der Waals surface area contributed by atoms with Gasteiger partial charge in [-0.15, -0.1) is 0 Å². The number of rotatable bonds is 1. The molecule has 0 atom stereocenters. The molecule has 112 valence electrons. The molecule has 0 N–H and O–H groups in total. The van der Waals surface area contributed by atoms with Gasteiger partial charge in [-0.1, -0.05) is 48.0 Å². The van der Waals surface area contributed by atoms with E-state index in [0.717, 1.165) is 0 Å². The van der Waals surface area contributed by atoms with Gasteiger partial charge in [-0.3, -0.25) is 0 Å². The van der Waals surface area contributed by atoms with Gasteiger partial charge in [0.25, 0.3) is 0 Å². The Balaban J connectivity index is 2.28. The molecule has 1 aromatic heterocycles. The first-order valence-corrected chi connectivity index (χ1v) is 8.04. The minimum absolute atomic E-state index is 1.27. The highest BCUT2D eigenvalue weighted by atomic mass is 14.9. The van der Waals surface area contributed by atoms with Gasteiger partial charge < -0.3 is 0 Å². The molecule has 4 aromatic rings. The van der Waals surface area contributed by atoms with Crippen LogP contribution in [0.3, 0.4) is 0 Å². The molecule has 1 heterocycles. The molecule has 0 aliphatic carbocycles. The van der Waals surface area contributed by atoms with Crippen molar-refractivity contribution in [1.82, 2.24) is 0 Å². The van der Waals surface area contributed by atoms with Crippen LogP contribution in [-0.4, -0.2) is 0 Å². The molecule has 0 saturated carbocycles. The van der Waals surface area contributed by atoms with Crippen molar-refractivity contribution in [2.75, 3.05) is 0 Å². The Hall–Kier alpha value is -2.67. The highest BCUT2D eigenvalue weighted by molar-refractivity contribution is 6.07. The monoisotopic (exact) mass is 298 g/mol. The zero-order valence-electron chi connectivity index (χ0n) is 13.8. The number of pyridine rings is 1. The van der Waals surface area contributed by atoms with Crippen LogP contribution in [0, 0.1) is 13.8 Å². The Morgan fingerprint density at radius 1 is 0.696 bits per heavy atom. The molecule has 0 amide bonds. The van der Waals surface area contributed by atoms with E-state index in [0.29, 0.717) is 0 Å². The minimum Gasteiger partial charge on any atom is -0.194 e. The number of hydrogen-bond acceptors (Lipinski definition) is 0. The van der Waals surface area contributed by atoms with Crippen LogP contribution in [-0.2, 0) is 7.05 Å². The number of aryl methyl sites for hydroxylation is 3. The largest absolute Gasteiger partial charge is 0.213 e. The highest BCUT2D eigenvalue weighted by Gasteiger charge is 2.19. The molecule has 0 fully saturated rings. The Bertz CT molecular complexity index is 987. The second-order valence-electron chi connectivity index (χ2n) is 6.29.